The van der Waals surface area contributed by atoms with Gasteiger partial charge in [-0.2, -0.15) is 0 Å². The van der Waals surface area contributed by atoms with Gasteiger partial charge in [-0.05, 0) is 52.9 Å². The molecule has 0 atom stereocenters. The summed E-state index contributed by atoms with van der Waals surface area (Å²) in [6.45, 7) is 0. The van der Waals surface area contributed by atoms with Gasteiger partial charge in [0, 0.05) is 15.3 Å². The third-order valence-electron chi connectivity index (χ3n) is 1.88. The Morgan fingerprint density at radius 3 is 2.64 bits per heavy atom. The van der Waals surface area contributed by atoms with Crippen LogP contribution >= 0.6 is 22.6 Å². The molecule has 0 aliphatic carbocycles. The Labute approximate surface area is 95.1 Å². The zero-order chi connectivity index (χ0) is 9.97. The van der Waals surface area contributed by atoms with Crippen molar-refractivity contribution in [2.75, 3.05) is 0 Å². The van der Waals surface area contributed by atoms with E-state index >= 15 is 0 Å². The quantitative estimate of drug-likeness (QED) is 0.735. The average molecular weight is 299 g/mol. The molecule has 0 bridgehead atoms. The summed E-state index contributed by atoms with van der Waals surface area (Å²) in [5.41, 5.74) is 1.81. The zero-order valence-corrected chi connectivity index (χ0v) is 9.40. The molecule has 70 valence electrons. The lowest BCUT2D eigenvalue weighted by Crippen LogP contribution is -1.85. The summed E-state index contributed by atoms with van der Waals surface area (Å²) in [5.74, 6) is -0.190. The zero-order valence-electron chi connectivity index (χ0n) is 7.24. The Hall–Kier alpha value is -0.970. The van der Waals surface area contributed by atoms with Crippen molar-refractivity contribution < 1.29 is 4.39 Å². The molecule has 0 radical (unpaired) electrons. The summed E-state index contributed by atoms with van der Waals surface area (Å²) in [7, 11) is 0. The highest BCUT2D eigenvalue weighted by Crippen LogP contribution is 2.20. The predicted octanol–water partition coefficient (Wildman–Crippen LogP) is 3.49. The third kappa shape index (κ3) is 1.92. The van der Waals surface area contributed by atoms with Crippen LogP contribution in [0.25, 0.3) is 11.3 Å². The third-order valence-corrected chi connectivity index (χ3v) is 2.71. The normalized spacial score (nSPS) is 10.1. The summed E-state index contributed by atoms with van der Waals surface area (Å²) >= 11 is 1.97. The second kappa shape index (κ2) is 4.04. The van der Waals surface area contributed by atoms with E-state index < -0.39 is 0 Å². The maximum Gasteiger partial charge on any atom is 0.136 e. The Morgan fingerprint density at radius 2 is 2.00 bits per heavy atom. The Balaban J connectivity index is 2.48. The molecule has 1 nitrogen and oxygen atoms in total. The number of hydrogen-bond donors (Lipinski definition) is 0. The van der Waals surface area contributed by atoms with Gasteiger partial charge >= 0.3 is 0 Å². The summed E-state index contributed by atoms with van der Waals surface area (Å²) < 4.78 is 13.6. The van der Waals surface area contributed by atoms with Crippen LogP contribution in [-0.4, -0.2) is 4.98 Å². The topological polar surface area (TPSA) is 12.9 Å². The average Bonchev–Trinajstić information content (AvgIpc) is 2.23. The van der Waals surface area contributed by atoms with Gasteiger partial charge in [-0.25, -0.2) is 4.39 Å². The van der Waals surface area contributed by atoms with Crippen LogP contribution in [0, 0.1) is 9.39 Å². The maximum atomic E-state index is 13.0. The molecule has 0 amide bonds. The summed E-state index contributed by atoms with van der Waals surface area (Å²) in [6.07, 6.45) is 1.73. The summed E-state index contributed by atoms with van der Waals surface area (Å²) in [6, 6.07) is 10.7. The van der Waals surface area contributed by atoms with E-state index in [1.54, 1.807) is 18.3 Å². The van der Waals surface area contributed by atoms with Crippen molar-refractivity contribution in [3.63, 3.8) is 0 Å². The second-order valence-corrected chi connectivity index (χ2v) is 4.01. The lowest BCUT2D eigenvalue weighted by Gasteiger charge is -2.01. The summed E-state index contributed by atoms with van der Waals surface area (Å²) in [5, 5.41) is 0. The number of halogens is 2. The first-order valence-corrected chi connectivity index (χ1v) is 5.22. The largest absolute Gasteiger partial charge is 0.256 e. The van der Waals surface area contributed by atoms with Crippen molar-refractivity contribution in [2.45, 2.75) is 0 Å². The van der Waals surface area contributed by atoms with Gasteiger partial charge in [0.1, 0.15) is 5.82 Å². The number of nitrogens with zero attached hydrogens (tertiary/aromatic N) is 1. The van der Waals surface area contributed by atoms with Crippen LogP contribution in [0.5, 0.6) is 0 Å². The fourth-order valence-corrected chi connectivity index (χ4v) is 1.70. The molecule has 0 spiro atoms. The number of hydrogen-bond acceptors (Lipinski definition) is 1. The van der Waals surface area contributed by atoms with E-state index in [4.69, 9.17) is 0 Å². The number of benzene rings is 1. The van der Waals surface area contributed by atoms with Crippen molar-refractivity contribution in [2.24, 2.45) is 0 Å². The van der Waals surface area contributed by atoms with Gasteiger partial charge in [0.25, 0.3) is 0 Å². The van der Waals surface area contributed by atoms with E-state index in [2.05, 4.69) is 4.98 Å². The van der Waals surface area contributed by atoms with Crippen molar-refractivity contribution in [1.29, 1.82) is 0 Å². The Kier molecular flexibility index (Phi) is 2.77. The first-order chi connectivity index (χ1) is 6.77. The first kappa shape index (κ1) is 9.58. The van der Waals surface area contributed by atoms with Gasteiger partial charge in [-0.1, -0.05) is 6.07 Å². The van der Waals surface area contributed by atoms with E-state index in [1.165, 1.54) is 6.07 Å². The molecule has 0 fully saturated rings. The van der Waals surface area contributed by atoms with Crippen molar-refractivity contribution in [3.8, 4) is 11.3 Å². The smallest absolute Gasteiger partial charge is 0.136 e. The van der Waals surface area contributed by atoms with Gasteiger partial charge in [-0.15, -0.1) is 0 Å². The molecule has 1 aromatic carbocycles. The van der Waals surface area contributed by atoms with Crippen molar-refractivity contribution in [1.82, 2.24) is 4.98 Å². The highest BCUT2D eigenvalue weighted by Gasteiger charge is 2.02. The van der Waals surface area contributed by atoms with Crippen LogP contribution < -0.4 is 0 Å². The maximum absolute atomic E-state index is 13.0. The monoisotopic (exact) mass is 299 g/mol. The fourth-order valence-electron chi connectivity index (χ4n) is 1.19. The van der Waals surface area contributed by atoms with Crippen LogP contribution in [0.3, 0.4) is 0 Å². The van der Waals surface area contributed by atoms with Crippen LogP contribution in [0.1, 0.15) is 0 Å². The van der Waals surface area contributed by atoms with Crippen molar-refractivity contribution in [3.05, 3.63) is 52.0 Å². The van der Waals surface area contributed by atoms with E-state index in [1.807, 2.05) is 40.8 Å². The lowest BCUT2D eigenvalue weighted by atomic mass is 10.1. The molecular formula is C11H7FIN. The Bertz CT molecular complexity index is 442. The molecule has 0 N–H and O–H groups in total. The summed E-state index contributed by atoms with van der Waals surface area (Å²) in [4.78, 5) is 4.19. The van der Waals surface area contributed by atoms with Gasteiger partial charge in [0.15, 0.2) is 0 Å². The minimum Gasteiger partial charge on any atom is -0.256 e. The molecule has 0 saturated carbocycles. The molecule has 1 aromatic heterocycles. The minimum atomic E-state index is -0.190. The molecule has 1 heterocycles. The fraction of sp³-hybridized carbons (Fsp3) is 0. The van der Waals surface area contributed by atoms with E-state index in [-0.39, 0.29) is 5.82 Å². The number of pyridine rings is 1. The number of aromatic nitrogens is 1. The predicted molar refractivity (Wildman–Crippen MR) is 62.3 cm³/mol. The molecule has 2 aromatic rings. The van der Waals surface area contributed by atoms with Crippen LogP contribution in [-0.2, 0) is 0 Å². The van der Waals surface area contributed by atoms with Crippen LogP contribution in [0.15, 0.2) is 42.6 Å². The first-order valence-electron chi connectivity index (χ1n) is 4.14. The van der Waals surface area contributed by atoms with E-state index in [0.29, 0.717) is 3.57 Å². The molecule has 3 heteroatoms. The minimum absolute atomic E-state index is 0.190. The van der Waals surface area contributed by atoms with Gasteiger partial charge in [0.05, 0.1) is 5.69 Å². The molecule has 0 aliphatic rings. The molecule has 14 heavy (non-hydrogen) atoms. The second-order valence-electron chi connectivity index (χ2n) is 2.84. The number of rotatable bonds is 1. The van der Waals surface area contributed by atoms with E-state index in [9.17, 15) is 4.39 Å². The molecule has 2 rings (SSSR count). The molecular weight excluding hydrogens is 292 g/mol. The van der Waals surface area contributed by atoms with Crippen LogP contribution in [0.2, 0.25) is 0 Å². The molecule has 0 saturated heterocycles. The molecule has 0 aliphatic heterocycles. The highest BCUT2D eigenvalue weighted by atomic mass is 127. The molecule has 0 unspecified atom stereocenters. The lowest BCUT2D eigenvalue weighted by molar-refractivity contribution is 0.620. The SMILES string of the molecule is Fc1ccc(-c2ccccn2)cc1I. The van der Waals surface area contributed by atoms with Gasteiger partial charge < -0.3 is 0 Å². The van der Waals surface area contributed by atoms with Gasteiger partial charge in [-0.3, -0.25) is 4.98 Å². The van der Waals surface area contributed by atoms with Crippen LogP contribution in [0.4, 0.5) is 4.39 Å². The van der Waals surface area contributed by atoms with Crippen molar-refractivity contribution >= 4 is 22.6 Å². The van der Waals surface area contributed by atoms with E-state index in [0.717, 1.165) is 11.3 Å². The Morgan fingerprint density at radius 1 is 1.14 bits per heavy atom. The van der Waals surface area contributed by atoms with Gasteiger partial charge in [0.2, 0.25) is 0 Å². The standard InChI is InChI=1S/C11H7FIN/c12-9-5-4-8(7-10(9)13)11-3-1-2-6-14-11/h1-7H. The highest BCUT2D eigenvalue weighted by molar-refractivity contribution is 14.1.